The molecule has 2 rings (SSSR count). The van der Waals surface area contributed by atoms with Gasteiger partial charge in [-0.1, -0.05) is 13.8 Å². The van der Waals surface area contributed by atoms with Crippen molar-refractivity contribution in [2.75, 3.05) is 13.6 Å². The van der Waals surface area contributed by atoms with Crippen molar-refractivity contribution in [1.29, 1.82) is 0 Å². The zero-order valence-corrected chi connectivity index (χ0v) is 17.7. The highest BCUT2D eigenvalue weighted by molar-refractivity contribution is 14.0. The fourth-order valence-corrected chi connectivity index (χ4v) is 2.93. The summed E-state index contributed by atoms with van der Waals surface area (Å²) in [5.41, 5.74) is 1.14. The van der Waals surface area contributed by atoms with Gasteiger partial charge in [0.05, 0.1) is 12.2 Å². The summed E-state index contributed by atoms with van der Waals surface area (Å²) in [7, 11) is 1.75. The van der Waals surface area contributed by atoms with Gasteiger partial charge in [-0.05, 0) is 25.2 Å². The quantitative estimate of drug-likeness (QED) is 0.239. The molecule has 0 unspecified atom stereocenters. The van der Waals surface area contributed by atoms with Crippen LogP contribution in [0.2, 0.25) is 0 Å². The first-order valence-corrected chi connectivity index (χ1v) is 9.14. The summed E-state index contributed by atoms with van der Waals surface area (Å²) in [6, 6.07) is 0.443. The molecular weight excluding hydrogens is 437 g/mol. The minimum Gasteiger partial charge on any atom is -0.356 e. The van der Waals surface area contributed by atoms with Crippen molar-refractivity contribution in [3.63, 3.8) is 0 Å². The Bertz CT molecular complexity index is 542. The van der Waals surface area contributed by atoms with Crippen LogP contribution in [0.3, 0.4) is 0 Å². The molecule has 8 heteroatoms. The number of nitrogens with one attached hydrogen (secondary N) is 3. The second kappa shape index (κ2) is 10.9. The normalized spacial score (nSPS) is 14.2. The molecule has 1 heterocycles. The van der Waals surface area contributed by atoms with Crippen molar-refractivity contribution in [2.45, 2.75) is 58.0 Å². The molecule has 0 aliphatic heterocycles. The van der Waals surface area contributed by atoms with Gasteiger partial charge in [0.2, 0.25) is 5.91 Å². The number of hydrogen-bond donors (Lipinski definition) is 3. The maximum absolute atomic E-state index is 11.6. The molecule has 0 bridgehead atoms. The Morgan fingerprint density at radius 3 is 2.75 bits per heavy atom. The molecule has 1 saturated carbocycles. The number of hydrogen-bond acceptors (Lipinski definition) is 4. The second-order valence-electron chi connectivity index (χ2n) is 6.12. The number of halogens is 1. The molecule has 1 aliphatic carbocycles. The molecule has 1 aromatic rings. The summed E-state index contributed by atoms with van der Waals surface area (Å²) in [6.07, 6.45) is 3.63. The molecule has 0 spiro atoms. The van der Waals surface area contributed by atoms with Crippen molar-refractivity contribution in [1.82, 2.24) is 20.9 Å². The first kappa shape index (κ1) is 21.1. The number of guanidine groups is 1. The van der Waals surface area contributed by atoms with E-state index in [4.69, 9.17) is 0 Å². The van der Waals surface area contributed by atoms with Crippen LogP contribution in [-0.4, -0.2) is 36.5 Å². The van der Waals surface area contributed by atoms with Crippen LogP contribution < -0.4 is 16.0 Å². The van der Waals surface area contributed by atoms with Gasteiger partial charge in [-0.2, -0.15) is 0 Å². The maximum atomic E-state index is 11.6. The summed E-state index contributed by atoms with van der Waals surface area (Å²) in [5.74, 6) is 1.36. The Labute approximate surface area is 165 Å². The van der Waals surface area contributed by atoms with Crippen LogP contribution in [0.5, 0.6) is 0 Å². The number of carbonyl (C=O) groups excluding carboxylic acids is 1. The zero-order valence-electron chi connectivity index (χ0n) is 14.6. The lowest BCUT2D eigenvalue weighted by Crippen LogP contribution is -2.37. The Hall–Kier alpha value is -0.900. The first-order chi connectivity index (χ1) is 11.1. The third-order valence-electron chi connectivity index (χ3n) is 3.61. The van der Waals surface area contributed by atoms with Gasteiger partial charge in [0.25, 0.3) is 0 Å². The highest BCUT2D eigenvalue weighted by Crippen LogP contribution is 2.18. The van der Waals surface area contributed by atoms with E-state index in [0.29, 0.717) is 24.9 Å². The third kappa shape index (κ3) is 7.78. The van der Waals surface area contributed by atoms with E-state index in [2.05, 4.69) is 45.2 Å². The average molecular weight is 465 g/mol. The monoisotopic (exact) mass is 465 g/mol. The van der Waals surface area contributed by atoms with Crippen LogP contribution in [0.1, 0.15) is 56.2 Å². The van der Waals surface area contributed by atoms with Crippen LogP contribution in [0.4, 0.5) is 0 Å². The summed E-state index contributed by atoms with van der Waals surface area (Å²) in [4.78, 5) is 20.4. The van der Waals surface area contributed by atoms with Gasteiger partial charge in [-0.15, -0.1) is 35.3 Å². The Balaban J connectivity index is 0.00000288. The lowest BCUT2D eigenvalue weighted by molar-refractivity contribution is -0.121. The van der Waals surface area contributed by atoms with Crippen LogP contribution in [0, 0.1) is 0 Å². The molecular formula is C16H28IN5OS. The number of amides is 1. The largest absolute Gasteiger partial charge is 0.356 e. The molecule has 1 aromatic heterocycles. The van der Waals surface area contributed by atoms with Gasteiger partial charge in [0, 0.05) is 31.4 Å². The number of rotatable bonds is 8. The summed E-state index contributed by atoms with van der Waals surface area (Å²) in [5, 5.41) is 12.6. The minimum absolute atomic E-state index is 0. The van der Waals surface area contributed by atoms with Crippen LogP contribution in [0.25, 0.3) is 0 Å². The van der Waals surface area contributed by atoms with Crippen molar-refractivity contribution in [3.05, 3.63) is 16.1 Å². The number of aromatic nitrogens is 1. The summed E-state index contributed by atoms with van der Waals surface area (Å²) >= 11 is 1.66. The number of aliphatic imine (C=N–C) groups is 1. The van der Waals surface area contributed by atoms with E-state index in [0.717, 1.165) is 42.5 Å². The second-order valence-corrected chi connectivity index (χ2v) is 7.06. The van der Waals surface area contributed by atoms with Gasteiger partial charge >= 0.3 is 0 Å². The van der Waals surface area contributed by atoms with E-state index in [1.165, 1.54) is 0 Å². The molecule has 1 aliphatic rings. The fraction of sp³-hybridized carbons (Fsp3) is 0.688. The predicted molar refractivity (Wildman–Crippen MR) is 110 cm³/mol. The number of nitrogens with zero attached hydrogens (tertiary/aromatic N) is 2. The van der Waals surface area contributed by atoms with Crippen molar-refractivity contribution in [3.8, 4) is 0 Å². The molecule has 6 nitrogen and oxygen atoms in total. The van der Waals surface area contributed by atoms with E-state index >= 15 is 0 Å². The standard InChI is InChI=1S/C16H27N5OS.HI/c1-11(2)13-10-23-15(21-13)9-19-16(17-3)18-8-4-5-14(22)20-12-6-7-12;/h10-12H,4-9H2,1-3H3,(H,20,22)(H2,17,18,19);1H. The van der Waals surface area contributed by atoms with Crippen molar-refractivity contribution >= 4 is 47.2 Å². The Morgan fingerprint density at radius 1 is 1.42 bits per heavy atom. The SMILES string of the molecule is CN=C(NCCCC(=O)NC1CC1)NCc1nc(C(C)C)cs1.I. The predicted octanol–water partition coefficient (Wildman–Crippen LogP) is 2.61. The van der Waals surface area contributed by atoms with Crippen LogP contribution in [-0.2, 0) is 11.3 Å². The van der Waals surface area contributed by atoms with E-state index in [-0.39, 0.29) is 29.9 Å². The zero-order chi connectivity index (χ0) is 16.7. The van der Waals surface area contributed by atoms with Crippen molar-refractivity contribution < 1.29 is 4.79 Å². The van der Waals surface area contributed by atoms with E-state index in [9.17, 15) is 4.79 Å². The molecule has 3 N–H and O–H groups in total. The highest BCUT2D eigenvalue weighted by Gasteiger charge is 2.22. The van der Waals surface area contributed by atoms with Gasteiger partial charge in [-0.3, -0.25) is 9.79 Å². The lowest BCUT2D eigenvalue weighted by Gasteiger charge is -2.10. The molecule has 0 atom stereocenters. The first-order valence-electron chi connectivity index (χ1n) is 8.26. The van der Waals surface area contributed by atoms with Crippen molar-refractivity contribution in [2.24, 2.45) is 4.99 Å². The maximum Gasteiger partial charge on any atom is 0.220 e. The number of carbonyl (C=O) groups is 1. The lowest BCUT2D eigenvalue weighted by atomic mass is 10.2. The fourth-order valence-electron chi connectivity index (χ4n) is 2.03. The van der Waals surface area contributed by atoms with Crippen LogP contribution in [0.15, 0.2) is 10.4 Å². The van der Waals surface area contributed by atoms with Crippen LogP contribution >= 0.6 is 35.3 Å². The summed E-state index contributed by atoms with van der Waals surface area (Å²) in [6.45, 7) is 5.68. The molecule has 0 saturated heterocycles. The van der Waals surface area contributed by atoms with E-state index in [1.807, 2.05) is 0 Å². The summed E-state index contributed by atoms with van der Waals surface area (Å²) < 4.78 is 0. The molecule has 1 fully saturated rings. The Morgan fingerprint density at radius 2 is 2.17 bits per heavy atom. The smallest absolute Gasteiger partial charge is 0.220 e. The number of thiazole rings is 1. The van der Waals surface area contributed by atoms with Gasteiger partial charge in [-0.25, -0.2) is 4.98 Å². The van der Waals surface area contributed by atoms with Gasteiger partial charge in [0.1, 0.15) is 5.01 Å². The Kier molecular flexibility index (Phi) is 9.57. The molecule has 0 radical (unpaired) electrons. The molecule has 136 valence electrons. The average Bonchev–Trinajstić information content (AvgIpc) is 3.20. The van der Waals surface area contributed by atoms with E-state index < -0.39 is 0 Å². The van der Waals surface area contributed by atoms with Gasteiger partial charge < -0.3 is 16.0 Å². The third-order valence-corrected chi connectivity index (χ3v) is 4.47. The van der Waals surface area contributed by atoms with E-state index in [1.54, 1.807) is 18.4 Å². The highest BCUT2D eigenvalue weighted by atomic mass is 127. The molecule has 24 heavy (non-hydrogen) atoms. The molecule has 1 amide bonds. The minimum atomic E-state index is 0. The van der Waals surface area contributed by atoms with Gasteiger partial charge in [0.15, 0.2) is 5.96 Å². The topological polar surface area (TPSA) is 78.4 Å². The molecule has 0 aromatic carbocycles.